The first kappa shape index (κ1) is 21.0. The van der Waals surface area contributed by atoms with Gasteiger partial charge in [0.2, 0.25) is 15.8 Å². The lowest BCUT2D eigenvalue weighted by atomic mass is 10.1. The van der Waals surface area contributed by atoms with Gasteiger partial charge < -0.3 is 19.5 Å². The van der Waals surface area contributed by atoms with Gasteiger partial charge in [0.25, 0.3) is 5.91 Å². The van der Waals surface area contributed by atoms with Crippen molar-refractivity contribution >= 4 is 31.9 Å². The second-order valence-corrected chi connectivity index (χ2v) is 7.82. The van der Waals surface area contributed by atoms with Crippen molar-refractivity contribution in [2.45, 2.75) is 11.4 Å². The van der Waals surface area contributed by atoms with Crippen molar-refractivity contribution in [2.24, 2.45) is 5.14 Å². The molecule has 0 unspecified atom stereocenters. The number of halogens is 1. The fraction of sp³-hybridized carbons (Fsp3) is 0.235. The van der Waals surface area contributed by atoms with E-state index in [1.54, 1.807) is 12.1 Å². The summed E-state index contributed by atoms with van der Waals surface area (Å²) in [7, 11) is 0.573. The SMILES string of the molecule is COc1cc(CNC(=O)c2cc(S(N)(=O)=O)ccc2Br)cc(OC)c1OC. The normalized spacial score (nSPS) is 11.0. The molecule has 146 valence electrons. The molecular weight excluding hydrogens is 440 g/mol. The van der Waals surface area contributed by atoms with Crippen molar-refractivity contribution in [1.82, 2.24) is 5.32 Å². The molecule has 0 atom stereocenters. The van der Waals surface area contributed by atoms with Crippen LogP contribution in [-0.4, -0.2) is 35.7 Å². The van der Waals surface area contributed by atoms with E-state index in [0.29, 0.717) is 27.3 Å². The maximum absolute atomic E-state index is 12.5. The van der Waals surface area contributed by atoms with Crippen LogP contribution in [0, 0.1) is 0 Å². The molecule has 27 heavy (non-hydrogen) atoms. The number of carbonyl (C=O) groups is 1. The summed E-state index contributed by atoms with van der Waals surface area (Å²) in [5.41, 5.74) is 0.852. The van der Waals surface area contributed by atoms with Crippen LogP contribution in [0.4, 0.5) is 0 Å². The minimum Gasteiger partial charge on any atom is -0.493 e. The molecule has 0 saturated carbocycles. The molecule has 2 aromatic carbocycles. The Labute approximate surface area is 165 Å². The van der Waals surface area contributed by atoms with E-state index in [4.69, 9.17) is 19.3 Å². The smallest absolute Gasteiger partial charge is 0.252 e. The summed E-state index contributed by atoms with van der Waals surface area (Å²) in [5, 5.41) is 7.84. The Hall–Kier alpha value is -2.30. The molecule has 0 bridgehead atoms. The summed E-state index contributed by atoms with van der Waals surface area (Å²) >= 11 is 3.24. The monoisotopic (exact) mass is 458 g/mol. The number of benzene rings is 2. The van der Waals surface area contributed by atoms with Crippen LogP contribution in [0.5, 0.6) is 17.2 Å². The van der Waals surface area contributed by atoms with Gasteiger partial charge in [-0.2, -0.15) is 0 Å². The van der Waals surface area contributed by atoms with Gasteiger partial charge in [-0.1, -0.05) is 0 Å². The zero-order valence-electron chi connectivity index (χ0n) is 14.9. The third-order valence-electron chi connectivity index (χ3n) is 3.69. The third kappa shape index (κ3) is 4.90. The van der Waals surface area contributed by atoms with Crippen LogP contribution in [0.3, 0.4) is 0 Å². The highest BCUT2D eigenvalue weighted by molar-refractivity contribution is 9.10. The molecule has 10 heteroatoms. The molecule has 8 nitrogen and oxygen atoms in total. The van der Waals surface area contributed by atoms with Crippen LogP contribution in [0.15, 0.2) is 39.7 Å². The predicted octanol–water partition coefficient (Wildman–Crippen LogP) is 2.05. The lowest BCUT2D eigenvalue weighted by Crippen LogP contribution is -2.24. The van der Waals surface area contributed by atoms with E-state index in [0.717, 1.165) is 0 Å². The van der Waals surface area contributed by atoms with Gasteiger partial charge in [0.1, 0.15) is 0 Å². The first-order chi connectivity index (χ1) is 12.7. The first-order valence-corrected chi connectivity index (χ1v) is 9.94. The Bertz CT molecular complexity index is 937. The van der Waals surface area contributed by atoms with Crippen molar-refractivity contribution in [3.05, 3.63) is 45.9 Å². The molecular formula is C17H19BrN2O6S. The predicted molar refractivity (Wildman–Crippen MR) is 103 cm³/mol. The van der Waals surface area contributed by atoms with Crippen LogP contribution >= 0.6 is 15.9 Å². The summed E-state index contributed by atoms with van der Waals surface area (Å²) in [5.74, 6) is 0.886. The molecule has 0 aliphatic heterocycles. The van der Waals surface area contributed by atoms with Crippen molar-refractivity contribution in [1.29, 1.82) is 0 Å². The van der Waals surface area contributed by atoms with Crippen molar-refractivity contribution in [3.63, 3.8) is 0 Å². The number of hydrogen-bond acceptors (Lipinski definition) is 6. The molecule has 3 N–H and O–H groups in total. The number of nitrogens with one attached hydrogen (secondary N) is 1. The van der Waals surface area contributed by atoms with Gasteiger partial charge in [-0.15, -0.1) is 0 Å². The average molecular weight is 459 g/mol. The molecule has 0 spiro atoms. The topological polar surface area (TPSA) is 117 Å². The zero-order chi connectivity index (χ0) is 20.2. The van der Waals surface area contributed by atoms with Gasteiger partial charge in [-0.25, -0.2) is 13.6 Å². The van der Waals surface area contributed by atoms with Gasteiger partial charge >= 0.3 is 0 Å². The molecule has 0 saturated heterocycles. The number of hydrogen-bond donors (Lipinski definition) is 2. The first-order valence-electron chi connectivity index (χ1n) is 7.60. The molecule has 0 aliphatic carbocycles. The van der Waals surface area contributed by atoms with Gasteiger partial charge in [-0.05, 0) is 51.8 Å². The summed E-state index contributed by atoms with van der Waals surface area (Å²) in [6.07, 6.45) is 0. The van der Waals surface area contributed by atoms with Crippen molar-refractivity contribution in [3.8, 4) is 17.2 Å². The summed E-state index contributed by atoms with van der Waals surface area (Å²) in [6.45, 7) is 0.154. The maximum atomic E-state index is 12.5. The molecule has 2 aromatic rings. The number of sulfonamides is 1. The van der Waals surface area contributed by atoms with E-state index in [1.807, 2.05) is 0 Å². The summed E-state index contributed by atoms with van der Waals surface area (Å²) in [4.78, 5) is 12.3. The molecule has 0 aromatic heterocycles. The fourth-order valence-corrected chi connectivity index (χ4v) is 3.34. The molecule has 0 aliphatic rings. The number of amides is 1. The molecule has 1 amide bonds. The van der Waals surface area contributed by atoms with E-state index >= 15 is 0 Å². The number of carbonyl (C=O) groups excluding carboxylic acids is 1. The Morgan fingerprint density at radius 3 is 2.15 bits per heavy atom. The molecule has 0 fully saturated rings. The van der Waals surface area contributed by atoms with Crippen LogP contribution < -0.4 is 24.7 Å². The second-order valence-electron chi connectivity index (χ2n) is 5.40. The maximum Gasteiger partial charge on any atom is 0.252 e. The van der Waals surface area contributed by atoms with Gasteiger partial charge in [0.05, 0.1) is 31.8 Å². The highest BCUT2D eigenvalue weighted by atomic mass is 79.9. The standard InChI is InChI=1S/C17H19BrN2O6S/c1-24-14-6-10(7-15(25-2)16(14)26-3)9-20-17(21)12-8-11(27(19,22)23)4-5-13(12)18/h4-8H,9H2,1-3H3,(H,20,21)(H2,19,22,23). The van der Waals surface area contributed by atoms with Crippen LogP contribution in [0.1, 0.15) is 15.9 Å². The van der Waals surface area contributed by atoms with E-state index in [9.17, 15) is 13.2 Å². The quantitative estimate of drug-likeness (QED) is 0.655. The number of primary sulfonamides is 1. The average Bonchev–Trinajstić information content (AvgIpc) is 2.64. The van der Waals surface area contributed by atoms with Crippen LogP contribution in [-0.2, 0) is 16.6 Å². The largest absolute Gasteiger partial charge is 0.493 e. The molecule has 0 radical (unpaired) electrons. The Morgan fingerprint density at radius 1 is 1.07 bits per heavy atom. The minimum atomic E-state index is -3.92. The number of rotatable bonds is 7. The van der Waals surface area contributed by atoms with Gasteiger partial charge in [0, 0.05) is 11.0 Å². The van der Waals surface area contributed by atoms with Crippen molar-refractivity contribution < 1.29 is 27.4 Å². The highest BCUT2D eigenvalue weighted by Crippen LogP contribution is 2.38. The highest BCUT2D eigenvalue weighted by Gasteiger charge is 2.17. The van der Waals surface area contributed by atoms with Crippen molar-refractivity contribution in [2.75, 3.05) is 21.3 Å². The summed E-state index contributed by atoms with van der Waals surface area (Å²) in [6, 6.07) is 7.39. The lowest BCUT2D eigenvalue weighted by molar-refractivity contribution is 0.0950. The fourth-order valence-electron chi connectivity index (χ4n) is 2.37. The van der Waals surface area contributed by atoms with E-state index < -0.39 is 15.9 Å². The Morgan fingerprint density at radius 2 is 1.67 bits per heavy atom. The zero-order valence-corrected chi connectivity index (χ0v) is 17.3. The Balaban J connectivity index is 2.26. The molecule has 0 heterocycles. The van der Waals surface area contributed by atoms with Gasteiger partial charge in [0.15, 0.2) is 11.5 Å². The van der Waals surface area contributed by atoms with E-state index in [1.165, 1.54) is 39.5 Å². The number of methoxy groups -OCH3 is 3. The third-order valence-corrected chi connectivity index (χ3v) is 5.29. The number of ether oxygens (including phenoxy) is 3. The lowest BCUT2D eigenvalue weighted by Gasteiger charge is -2.14. The van der Waals surface area contributed by atoms with Crippen LogP contribution in [0.25, 0.3) is 0 Å². The second kappa shape index (κ2) is 8.59. The Kier molecular flexibility index (Phi) is 6.68. The van der Waals surface area contributed by atoms with Crippen LogP contribution in [0.2, 0.25) is 0 Å². The summed E-state index contributed by atoms with van der Waals surface area (Å²) < 4.78 is 39.2. The van der Waals surface area contributed by atoms with Gasteiger partial charge in [-0.3, -0.25) is 4.79 Å². The number of nitrogens with two attached hydrogens (primary N) is 1. The van der Waals surface area contributed by atoms with E-state index in [2.05, 4.69) is 21.2 Å². The van der Waals surface area contributed by atoms with E-state index in [-0.39, 0.29) is 17.0 Å². The molecule has 2 rings (SSSR count). The minimum absolute atomic E-state index is 0.147.